The molecule has 3 rings (SSSR count). The Balaban J connectivity index is 1.37. The average Bonchev–Trinajstić information content (AvgIpc) is 3.17. The summed E-state index contributed by atoms with van der Waals surface area (Å²) >= 11 is 0. The van der Waals surface area contributed by atoms with Crippen molar-refractivity contribution in [3.63, 3.8) is 0 Å². The molecule has 2 aliphatic rings. The van der Waals surface area contributed by atoms with Gasteiger partial charge in [0, 0.05) is 0 Å². The Morgan fingerprint density at radius 1 is 1.21 bits per heavy atom. The van der Waals surface area contributed by atoms with Crippen LogP contribution in [0.5, 0.6) is 0 Å². The Morgan fingerprint density at radius 2 is 2.00 bits per heavy atom. The number of hydrogen-bond donors (Lipinski definition) is 0. The minimum absolute atomic E-state index is 0.546. The van der Waals surface area contributed by atoms with Crippen LogP contribution >= 0.6 is 0 Å². The third-order valence-electron chi connectivity index (χ3n) is 4.29. The normalized spacial score (nSPS) is 33.3. The van der Waals surface area contributed by atoms with Gasteiger partial charge in [0.1, 0.15) is 0 Å². The molecule has 0 aromatic heterocycles. The van der Waals surface area contributed by atoms with E-state index >= 15 is 0 Å². The largest absolute Gasteiger partial charge is 0.377 e. The zero-order valence-corrected chi connectivity index (χ0v) is 11.5. The van der Waals surface area contributed by atoms with Crippen LogP contribution in [0.4, 0.5) is 0 Å². The lowest BCUT2D eigenvalue weighted by Crippen LogP contribution is -2.26. The van der Waals surface area contributed by atoms with Gasteiger partial charge in [-0.05, 0) is 30.2 Å². The van der Waals surface area contributed by atoms with Gasteiger partial charge in [0.15, 0.2) is 0 Å². The molecule has 2 nitrogen and oxygen atoms in total. The van der Waals surface area contributed by atoms with Gasteiger partial charge in [-0.15, -0.1) is 0 Å². The van der Waals surface area contributed by atoms with E-state index in [-0.39, 0.29) is 0 Å². The number of fused-ring (bicyclic) bond motifs is 1. The van der Waals surface area contributed by atoms with Crippen LogP contribution < -0.4 is 0 Å². The van der Waals surface area contributed by atoms with E-state index in [1.54, 1.807) is 0 Å². The lowest BCUT2D eigenvalue weighted by molar-refractivity contribution is 0.0863. The highest BCUT2D eigenvalue weighted by molar-refractivity contribution is 5.48. The van der Waals surface area contributed by atoms with Gasteiger partial charge in [0.05, 0.1) is 25.4 Å². The smallest absolute Gasteiger partial charge is 0.0845 e. The van der Waals surface area contributed by atoms with Crippen molar-refractivity contribution in [3.8, 4) is 0 Å². The van der Waals surface area contributed by atoms with Gasteiger partial charge in [-0.2, -0.15) is 0 Å². The maximum Gasteiger partial charge on any atom is 0.0845 e. The molecule has 1 aromatic carbocycles. The highest BCUT2D eigenvalue weighted by Crippen LogP contribution is 2.42. The third kappa shape index (κ3) is 3.46. The first-order valence-electron chi connectivity index (χ1n) is 7.27. The Bertz CT molecular complexity index is 426. The van der Waals surface area contributed by atoms with E-state index in [2.05, 4.69) is 43.3 Å². The summed E-state index contributed by atoms with van der Waals surface area (Å²) in [6.45, 7) is 3.89. The summed E-state index contributed by atoms with van der Waals surface area (Å²) in [5, 5.41) is 0. The number of ether oxygens (including phenoxy) is 2. The molecule has 0 N–H and O–H groups in total. The average molecular weight is 258 g/mol. The molecule has 19 heavy (non-hydrogen) atoms. The van der Waals surface area contributed by atoms with Crippen LogP contribution in [-0.2, 0) is 9.47 Å². The first kappa shape index (κ1) is 12.9. The van der Waals surface area contributed by atoms with Crippen LogP contribution in [0.25, 0.3) is 6.08 Å². The second-order valence-corrected chi connectivity index (χ2v) is 5.77. The summed E-state index contributed by atoms with van der Waals surface area (Å²) in [5.41, 5.74) is 1.23. The Kier molecular flexibility index (Phi) is 4.00. The predicted octanol–water partition coefficient (Wildman–Crippen LogP) is 3.53. The standard InChI is InChI=1S/C17H22O2/c1-13-10-16-17(19-16)11-15(13)12-18-9-5-8-14-6-3-2-4-7-14/h2-8,13,15-17H,9-12H2,1H3/b8-5+. The van der Waals surface area contributed by atoms with E-state index in [9.17, 15) is 0 Å². The molecule has 1 saturated carbocycles. The fourth-order valence-electron chi connectivity index (χ4n) is 2.95. The van der Waals surface area contributed by atoms with Gasteiger partial charge in [-0.25, -0.2) is 0 Å². The summed E-state index contributed by atoms with van der Waals surface area (Å²) in [7, 11) is 0. The van der Waals surface area contributed by atoms with E-state index < -0.39 is 0 Å². The second-order valence-electron chi connectivity index (χ2n) is 5.77. The fourth-order valence-corrected chi connectivity index (χ4v) is 2.95. The van der Waals surface area contributed by atoms with Crippen molar-refractivity contribution in [1.29, 1.82) is 0 Å². The molecular weight excluding hydrogens is 236 g/mol. The van der Waals surface area contributed by atoms with Crippen LogP contribution in [0.1, 0.15) is 25.3 Å². The van der Waals surface area contributed by atoms with Gasteiger partial charge in [-0.3, -0.25) is 0 Å². The molecular formula is C17H22O2. The van der Waals surface area contributed by atoms with Crippen molar-refractivity contribution >= 4 is 6.08 Å². The Morgan fingerprint density at radius 3 is 2.84 bits per heavy atom. The van der Waals surface area contributed by atoms with Gasteiger partial charge < -0.3 is 9.47 Å². The van der Waals surface area contributed by atoms with Crippen LogP contribution in [0, 0.1) is 11.8 Å². The Hall–Kier alpha value is -1.12. The van der Waals surface area contributed by atoms with E-state index in [4.69, 9.17) is 9.47 Å². The first-order valence-corrected chi connectivity index (χ1v) is 7.27. The number of benzene rings is 1. The molecule has 4 atom stereocenters. The summed E-state index contributed by atoms with van der Waals surface area (Å²) < 4.78 is 11.4. The summed E-state index contributed by atoms with van der Waals surface area (Å²) in [6.07, 6.45) is 7.74. The lowest BCUT2D eigenvalue weighted by Gasteiger charge is -2.25. The molecule has 1 saturated heterocycles. The van der Waals surface area contributed by atoms with Gasteiger partial charge in [0.25, 0.3) is 0 Å². The lowest BCUT2D eigenvalue weighted by atomic mass is 9.81. The van der Waals surface area contributed by atoms with E-state index in [0.29, 0.717) is 24.7 Å². The molecule has 1 aromatic rings. The third-order valence-corrected chi connectivity index (χ3v) is 4.29. The molecule has 1 aliphatic carbocycles. The monoisotopic (exact) mass is 258 g/mol. The quantitative estimate of drug-likeness (QED) is 0.595. The fraction of sp³-hybridized carbons (Fsp3) is 0.529. The SMILES string of the molecule is CC1CC2OC2CC1COC/C=C/c1ccccc1. The summed E-state index contributed by atoms with van der Waals surface area (Å²) in [5.74, 6) is 1.41. The number of rotatable bonds is 5. The maximum atomic E-state index is 5.79. The van der Waals surface area contributed by atoms with E-state index in [0.717, 1.165) is 12.5 Å². The van der Waals surface area contributed by atoms with Crippen LogP contribution in [0.2, 0.25) is 0 Å². The molecule has 2 heteroatoms. The van der Waals surface area contributed by atoms with Crippen molar-refractivity contribution in [2.24, 2.45) is 11.8 Å². The zero-order chi connectivity index (χ0) is 13.1. The number of epoxide rings is 1. The predicted molar refractivity (Wildman–Crippen MR) is 76.8 cm³/mol. The molecule has 2 fully saturated rings. The van der Waals surface area contributed by atoms with Crippen LogP contribution in [0.3, 0.4) is 0 Å². The van der Waals surface area contributed by atoms with Gasteiger partial charge in [0.2, 0.25) is 0 Å². The molecule has 0 amide bonds. The first-order chi connectivity index (χ1) is 9.33. The zero-order valence-electron chi connectivity index (χ0n) is 11.5. The van der Waals surface area contributed by atoms with Gasteiger partial charge in [-0.1, -0.05) is 49.4 Å². The molecule has 0 spiro atoms. The van der Waals surface area contributed by atoms with E-state index in [1.165, 1.54) is 18.4 Å². The highest BCUT2D eigenvalue weighted by Gasteiger charge is 2.46. The minimum Gasteiger partial charge on any atom is -0.377 e. The minimum atomic E-state index is 0.546. The van der Waals surface area contributed by atoms with Crippen LogP contribution in [-0.4, -0.2) is 25.4 Å². The molecule has 0 bridgehead atoms. The molecule has 1 heterocycles. The Labute approximate surface area is 115 Å². The van der Waals surface area contributed by atoms with Crippen molar-refractivity contribution in [2.75, 3.05) is 13.2 Å². The van der Waals surface area contributed by atoms with E-state index in [1.807, 2.05) is 6.07 Å². The van der Waals surface area contributed by atoms with Crippen molar-refractivity contribution in [1.82, 2.24) is 0 Å². The molecule has 1 aliphatic heterocycles. The number of hydrogen-bond acceptors (Lipinski definition) is 2. The van der Waals surface area contributed by atoms with Crippen molar-refractivity contribution in [3.05, 3.63) is 42.0 Å². The molecule has 4 unspecified atom stereocenters. The topological polar surface area (TPSA) is 21.8 Å². The summed E-state index contributed by atoms with van der Waals surface area (Å²) in [6, 6.07) is 10.3. The molecule has 102 valence electrons. The van der Waals surface area contributed by atoms with Gasteiger partial charge >= 0.3 is 0 Å². The van der Waals surface area contributed by atoms with Crippen molar-refractivity contribution < 1.29 is 9.47 Å². The molecule has 0 radical (unpaired) electrons. The van der Waals surface area contributed by atoms with Crippen molar-refractivity contribution in [2.45, 2.75) is 32.0 Å². The second kappa shape index (κ2) is 5.89. The maximum absolute atomic E-state index is 5.79. The van der Waals surface area contributed by atoms with Crippen LogP contribution in [0.15, 0.2) is 36.4 Å². The summed E-state index contributed by atoms with van der Waals surface area (Å²) in [4.78, 5) is 0. The highest BCUT2D eigenvalue weighted by atomic mass is 16.6.